The van der Waals surface area contributed by atoms with Crippen LogP contribution in [0, 0.1) is 3.57 Å². The van der Waals surface area contributed by atoms with Crippen molar-refractivity contribution in [1.29, 1.82) is 0 Å². The number of nitrogens with one attached hydrogen (secondary N) is 2. The van der Waals surface area contributed by atoms with E-state index in [1.807, 2.05) is 12.1 Å². The highest BCUT2D eigenvalue weighted by Crippen LogP contribution is 2.18. The standard InChI is InChI=1S/C19H20IN3O3S/c20-17-7-4-3-6-16(17)19(24)22-14-9-11-15(12-10-14)27(25,26)23-18-8-2-1-5-13-21-18/h3-4,6-7,9-12H,1-2,5,8,13H2,(H,21,23)(H,22,24). The molecule has 8 heteroatoms. The summed E-state index contributed by atoms with van der Waals surface area (Å²) < 4.78 is 28.5. The van der Waals surface area contributed by atoms with E-state index in [1.165, 1.54) is 12.1 Å². The van der Waals surface area contributed by atoms with Crippen molar-refractivity contribution in [1.82, 2.24) is 4.72 Å². The van der Waals surface area contributed by atoms with Crippen LogP contribution in [0.5, 0.6) is 0 Å². The normalized spacial score (nSPS) is 14.8. The fraction of sp³-hybridized carbons (Fsp3) is 0.263. The van der Waals surface area contributed by atoms with Gasteiger partial charge < -0.3 is 5.32 Å². The second-order valence-corrected chi connectivity index (χ2v) is 9.05. The summed E-state index contributed by atoms with van der Waals surface area (Å²) >= 11 is 2.10. The van der Waals surface area contributed by atoms with Crippen LogP contribution in [0.1, 0.15) is 36.0 Å². The fourth-order valence-corrected chi connectivity index (χ4v) is 4.45. The Bertz CT molecular complexity index is 956. The van der Waals surface area contributed by atoms with Crippen LogP contribution in [0.4, 0.5) is 5.69 Å². The van der Waals surface area contributed by atoms with Crippen molar-refractivity contribution in [2.75, 3.05) is 11.9 Å². The lowest BCUT2D eigenvalue weighted by molar-refractivity contribution is 0.102. The predicted octanol–water partition coefficient (Wildman–Crippen LogP) is 3.79. The topological polar surface area (TPSA) is 87.6 Å². The van der Waals surface area contributed by atoms with Crippen LogP contribution < -0.4 is 10.0 Å². The van der Waals surface area contributed by atoms with Crippen LogP contribution in [-0.4, -0.2) is 26.7 Å². The fourth-order valence-electron chi connectivity index (χ4n) is 2.73. The maximum absolute atomic E-state index is 12.5. The van der Waals surface area contributed by atoms with Gasteiger partial charge in [0.1, 0.15) is 5.84 Å². The Kier molecular flexibility index (Phi) is 6.48. The number of carbonyl (C=O) groups is 1. The SMILES string of the molecule is O=C(Nc1ccc(S(=O)(=O)NC2=NCCCCC2)cc1)c1ccccc1I. The molecule has 0 saturated heterocycles. The summed E-state index contributed by atoms with van der Waals surface area (Å²) in [6.45, 7) is 0.654. The van der Waals surface area contributed by atoms with Gasteiger partial charge in [-0.15, -0.1) is 0 Å². The van der Waals surface area contributed by atoms with E-state index in [1.54, 1.807) is 24.3 Å². The molecule has 0 saturated carbocycles. The maximum atomic E-state index is 12.5. The number of hydrogen-bond acceptors (Lipinski definition) is 4. The number of nitrogens with zero attached hydrogens (tertiary/aromatic N) is 1. The monoisotopic (exact) mass is 497 g/mol. The van der Waals surface area contributed by atoms with Gasteiger partial charge in [-0.2, -0.15) is 0 Å². The van der Waals surface area contributed by atoms with E-state index in [0.29, 0.717) is 30.1 Å². The van der Waals surface area contributed by atoms with E-state index < -0.39 is 10.0 Å². The molecule has 1 amide bonds. The summed E-state index contributed by atoms with van der Waals surface area (Å²) in [7, 11) is -3.67. The van der Waals surface area contributed by atoms with Crippen molar-refractivity contribution in [2.45, 2.75) is 30.6 Å². The summed E-state index contributed by atoms with van der Waals surface area (Å²) in [6.07, 6.45) is 3.62. The number of sulfonamides is 1. The Hall–Kier alpha value is -1.94. The zero-order valence-electron chi connectivity index (χ0n) is 14.6. The molecule has 142 valence electrons. The van der Waals surface area contributed by atoms with Crippen LogP contribution in [-0.2, 0) is 10.0 Å². The lowest BCUT2D eigenvalue weighted by Gasteiger charge is -2.11. The van der Waals surface area contributed by atoms with Crippen LogP contribution >= 0.6 is 22.6 Å². The first-order chi connectivity index (χ1) is 13.0. The van der Waals surface area contributed by atoms with Crippen molar-refractivity contribution in [2.24, 2.45) is 4.99 Å². The van der Waals surface area contributed by atoms with Gasteiger partial charge in [0.25, 0.3) is 15.9 Å². The highest BCUT2D eigenvalue weighted by atomic mass is 127. The van der Waals surface area contributed by atoms with E-state index in [0.717, 1.165) is 22.8 Å². The molecule has 0 aliphatic carbocycles. The molecule has 2 aromatic carbocycles. The van der Waals surface area contributed by atoms with Gasteiger partial charge in [0.05, 0.1) is 10.5 Å². The Morgan fingerprint density at radius 3 is 2.48 bits per heavy atom. The third-order valence-electron chi connectivity index (χ3n) is 4.17. The number of halogens is 1. The number of hydrogen-bond donors (Lipinski definition) is 2. The Morgan fingerprint density at radius 2 is 1.74 bits per heavy atom. The number of anilines is 1. The van der Waals surface area contributed by atoms with Gasteiger partial charge in [0.15, 0.2) is 0 Å². The van der Waals surface area contributed by atoms with E-state index in [4.69, 9.17) is 0 Å². The van der Waals surface area contributed by atoms with E-state index >= 15 is 0 Å². The minimum Gasteiger partial charge on any atom is -0.322 e. The third-order valence-corrected chi connectivity index (χ3v) is 6.51. The molecular weight excluding hydrogens is 477 g/mol. The Morgan fingerprint density at radius 1 is 1.00 bits per heavy atom. The van der Waals surface area contributed by atoms with Crippen molar-refractivity contribution < 1.29 is 13.2 Å². The summed E-state index contributed by atoms with van der Waals surface area (Å²) in [5.41, 5.74) is 1.10. The molecule has 6 nitrogen and oxygen atoms in total. The lowest BCUT2D eigenvalue weighted by Crippen LogP contribution is -2.30. The third kappa shape index (κ3) is 5.29. The molecule has 27 heavy (non-hydrogen) atoms. The van der Waals surface area contributed by atoms with Gasteiger partial charge >= 0.3 is 0 Å². The molecule has 1 aliphatic heterocycles. The summed E-state index contributed by atoms with van der Waals surface area (Å²) in [6, 6.07) is 13.4. The quantitative estimate of drug-likeness (QED) is 0.631. The first kappa shape index (κ1) is 19.8. The number of benzene rings is 2. The minimum atomic E-state index is -3.67. The molecule has 1 heterocycles. The second kappa shape index (κ2) is 8.83. The summed E-state index contributed by atoms with van der Waals surface area (Å²) in [5.74, 6) is 0.282. The number of rotatable bonds is 4. The molecule has 0 atom stereocenters. The Balaban J connectivity index is 1.70. The molecule has 3 rings (SSSR count). The maximum Gasteiger partial charge on any atom is 0.262 e. The van der Waals surface area contributed by atoms with Gasteiger partial charge in [-0.1, -0.05) is 18.6 Å². The van der Waals surface area contributed by atoms with Crippen molar-refractivity contribution in [3.05, 3.63) is 57.7 Å². The molecule has 1 aliphatic rings. The molecule has 2 aromatic rings. The number of amidine groups is 1. The number of amides is 1. The van der Waals surface area contributed by atoms with Gasteiger partial charge in [0.2, 0.25) is 0 Å². The predicted molar refractivity (Wildman–Crippen MR) is 115 cm³/mol. The zero-order chi connectivity index (χ0) is 19.3. The molecular formula is C19H20IN3O3S. The van der Waals surface area contributed by atoms with Crippen LogP contribution in [0.2, 0.25) is 0 Å². The Labute approximate surface area is 172 Å². The first-order valence-electron chi connectivity index (χ1n) is 8.68. The minimum absolute atomic E-state index is 0.140. The van der Waals surface area contributed by atoms with E-state index in [-0.39, 0.29) is 10.8 Å². The largest absolute Gasteiger partial charge is 0.322 e. The van der Waals surface area contributed by atoms with Gasteiger partial charge in [0, 0.05) is 22.2 Å². The molecule has 2 N–H and O–H groups in total. The van der Waals surface area contributed by atoms with Crippen molar-refractivity contribution in [3.63, 3.8) is 0 Å². The molecule has 0 radical (unpaired) electrons. The number of aliphatic imine (C=N–C) groups is 1. The van der Waals surface area contributed by atoms with Crippen LogP contribution in [0.25, 0.3) is 0 Å². The first-order valence-corrected chi connectivity index (χ1v) is 11.2. The molecule has 0 fully saturated rings. The van der Waals surface area contributed by atoms with Crippen LogP contribution in [0.3, 0.4) is 0 Å². The number of carbonyl (C=O) groups excluding carboxylic acids is 1. The lowest BCUT2D eigenvalue weighted by atomic mass is 10.2. The zero-order valence-corrected chi connectivity index (χ0v) is 17.6. The molecule has 0 spiro atoms. The molecule has 0 bridgehead atoms. The molecule has 0 unspecified atom stereocenters. The highest BCUT2D eigenvalue weighted by Gasteiger charge is 2.17. The average Bonchev–Trinajstić information content (AvgIpc) is 2.90. The van der Waals surface area contributed by atoms with Crippen LogP contribution in [0.15, 0.2) is 58.4 Å². The summed E-state index contributed by atoms with van der Waals surface area (Å²) in [4.78, 5) is 16.8. The smallest absolute Gasteiger partial charge is 0.262 e. The van der Waals surface area contributed by atoms with Gasteiger partial charge in [-0.05, 0) is 71.8 Å². The van der Waals surface area contributed by atoms with Gasteiger partial charge in [-0.25, -0.2) is 8.42 Å². The molecule has 0 aromatic heterocycles. The second-order valence-electron chi connectivity index (χ2n) is 6.20. The van der Waals surface area contributed by atoms with Crippen molar-refractivity contribution >= 4 is 50.0 Å². The summed E-state index contributed by atoms with van der Waals surface area (Å²) in [5, 5.41) is 2.78. The highest BCUT2D eigenvalue weighted by molar-refractivity contribution is 14.1. The average molecular weight is 497 g/mol. The van der Waals surface area contributed by atoms with Gasteiger partial charge in [-0.3, -0.25) is 14.5 Å². The van der Waals surface area contributed by atoms with Crippen molar-refractivity contribution in [3.8, 4) is 0 Å². The van der Waals surface area contributed by atoms with E-state index in [2.05, 4.69) is 37.6 Å². The van der Waals surface area contributed by atoms with E-state index in [9.17, 15) is 13.2 Å².